The molecule has 1 aliphatic rings. The van der Waals surface area contributed by atoms with Crippen molar-refractivity contribution in [1.82, 2.24) is 0 Å². The number of benzene rings is 2. The predicted octanol–water partition coefficient (Wildman–Crippen LogP) is 2.54. The molecule has 1 atom stereocenters. The third-order valence-electron chi connectivity index (χ3n) is 4.44. The Morgan fingerprint density at radius 1 is 1.16 bits per heavy atom. The van der Waals surface area contributed by atoms with E-state index in [0.717, 1.165) is 18.8 Å². The summed E-state index contributed by atoms with van der Waals surface area (Å²) in [4.78, 5) is 2.20. The van der Waals surface area contributed by atoms with Gasteiger partial charge < -0.3 is 19.5 Å². The third-order valence-corrected chi connectivity index (χ3v) is 4.44. The van der Waals surface area contributed by atoms with Crippen molar-refractivity contribution in [3.05, 3.63) is 59.4 Å². The first-order chi connectivity index (χ1) is 12.1. The molecule has 0 radical (unpaired) electrons. The summed E-state index contributed by atoms with van der Waals surface area (Å²) in [7, 11) is 1.38. The van der Waals surface area contributed by atoms with E-state index in [-0.39, 0.29) is 11.3 Å². The molecule has 4 nitrogen and oxygen atoms in total. The Balaban J connectivity index is 1.91. The SMILES string of the molecule is C#CC(O)(c1ccc(N2CCOCC2)cc1)c1ccc(OC)c(F)c1. The van der Waals surface area contributed by atoms with Gasteiger partial charge in [0, 0.05) is 29.9 Å². The molecule has 0 saturated carbocycles. The minimum atomic E-state index is -1.71. The van der Waals surface area contributed by atoms with Crippen LogP contribution in [0.5, 0.6) is 5.75 Å². The zero-order valence-corrected chi connectivity index (χ0v) is 14.0. The molecule has 1 fully saturated rings. The van der Waals surface area contributed by atoms with E-state index in [2.05, 4.69) is 10.8 Å². The van der Waals surface area contributed by atoms with Gasteiger partial charge in [-0.15, -0.1) is 6.42 Å². The molecule has 1 heterocycles. The molecule has 130 valence electrons. The Morgan fingerprint density at radius 3 is 2.36 bits per heavy atom. The molecule has 1 aliphatic heterocycles. The van der Waals surface area contributed by atoms with Crippen LogP contribution in [0.15, 0.2) is 42.5 Å². The highest BCUT2D eigenvalue weighted by Crippen LogP contribution is 2.32. The van der Waals surface area contributed by atoms with Gasteiger partial charge in [0.15, 0.2) is 17.2 Å². The van der Waals surface area contributed by atoms with Crippen LogP contribution in [-0.2, 0) is 10.3 Å². The maximum Gasteiger partial charge on any atom is 0.176 e. The van der Waals surface area contributed by atoms with Crippen molar-refractivity contribution in [2.45, 2.75) is 5.60 Å². The number of ether oxygens (including phenoxy) is 2. The molecule has 5 heteroatoms. The van der Waals surface area contributed by atoms with Crippen LogP contribution in [0.25, 0.3) is 0 Å². The van der Waals surface area contributed by atoms with Gasteiger partial charge in [-0.3, -0.25) is 0 Å². The van der Waals surface area contributed by atoms with Gasteiger partial charge in [-0.2, -0.15) is 0 Å². The summed E-state index contributed by atoms with van der Waals surface area (Å²) in [6.45, 7) is 3.03. The second kappa shape index (κ2) is 7.14. The number of aliphatic hydroxyl groups is 1. The molecule has 2 aromatic rings. The molecular formula is C20H20FNO3. The van der Waals surface area contributed by atoms with E-state index in [0.29, 0.717) is 18.8 Å². The first kappa shape index (κ1) is 17.3. The summed E-state index contributed by atoms with van der Waals surface area (Å²) in [5.41, 5.74) is 0.118. The van der Waals surface area contributed by atoms with Gasteiger partial charge in [-0.05, 0) is 24.3 Å². The van der Waals surface area contributed by atoms with Crippen molar-refractivity contribution in [2.75, 3.05) is 38.3 Å². The number of methoxy groups -OCH3 is 1. The third kappa shape index (κ3) is 3.32. The van der Waals surface area contributed by atoms with Crippen molar-refractivity contribution in [1.29, 1.82) is 0 Å². The van der Waals surface area contributed by atoms with Gasteiger partial charge >= 0.3 is 0 Å². The summed E-state index contributed by atoms with van der Waals surface area (Å²) < 4.78 is 24.3. The number of morpholine rings is 1. The number of hydrogen-bond donors (Lipinski definition) is 1. The average molecular weight is 341 g/mol. The van der Waals surface area contributed by atoms with Crippen molar-refractivity contribution in [2.24, 2.45) is 0 Å². The standard InChI is InChI=1S/C20H20FNO3/c1-3-20(23,16-6-9-19(24-2)18(21)14-16)15-4-7-17(8-5-15)22-10-12-25-13-11-22/h1,4-9,14,23H,10-13H2,2H3. The van der Waals surface area contributed by atoms with Crippen LogP contribution in [0.3, 0.4) is 0 Å². The van der Waals surface area contributed by atoms with Crippen LogP contribution in [0.4, 0.5) is 10.1 Å². The van der Waals surface area contributed by atoms with E-state index in [1.54, 1.807) is 18.2 Å². The largest absolute Gasteiger partial charge is 0.494 e. The van der Waals surface area contributed by atoms with E-state index in [9.17, 15) is 9.50 Å². The van der Waals surface area contributed by atoms with Crippen molar-refractivity contribution in [3.63, 3.8) is 0 Å². The zero-order chi connectivity index (χ0) is 17.9. The molecule has 1 unspecified atom stereocenters. The first-order valence-corrected chi connectivity index (χ1v) is 8.06. The topological polar surface area (TPSA) is 41.9 Å². The van der Waals surface area contributed by atoms with E-state index < -0.39 is 11.4 Å². The fourth-order valence-electron chi connectivity index (χ4n) is 2.96. The highest BCUT2D eigenvalue weighted by molar-refractivity contribution is 5.52. The minimum absolute atomic E-state index is 0.103. The normalized spacial score (nSPS) is 16.8. The molecule has 1 N–H and O–H groups in total. The van der Waals surface area contributed by atoms with Gasteiger partial charge in [0.1, 0.15) is 0 Å². The van der Waals surface area contributed by atoms with Gasteiger partial charge in [-0.25, -0.2) is 4.39 Å². The van der Waals surface area contributed by atoms with Crippen molar-refractivity contribution >= 4 is 5.69 Å². The lowest BCUT2D eigenvalue weighted by atomic mass is 9.87. The van der Waals surface area contributed by atoms with Crippen LogP contribution >= 0.6 is 0 Å². The summed E-state index contributed by atoms with van der Waals surface area (Å²) in [5.74, 6) is 1.92. The van der Waals surface area contributed by atoms with Gasteiger partial charge in [-0.1, -0.05) is 24.1 Å². The number of anilines is 1. The van der Waals surface area contributed by atoms with Crippen LogP contribution in [0.1, 0.15) is 11.1 Å². The zero-order valence-electron chi connectivity index (χ0n) is 14.0. The van der Waals surface area contributed by atoms with Gasteiger partial charge in [0.2, 0.25) is 0 Å². The smallest absolute Gasteiger partial charge is 0.176 e. The minimum Gasteiger partial charge on any atom is -0.494 e. The fraction of sp³-hybridized carbons (Fsp3) is 0.300. The molecule has 0 spiro atoms. The van der Waals surface area contributed by atoms with E-state index >= 15 is 0 Å². The number of hydrogen-bond acceptors (Lipinski definition) is 4. The maximum absolute atomic E-state index is 14.0. The fourth-order valence-corrected chi connectivity index (χ4v) is 2.96. The Kier molecular flexibility index (Phi) is 4.93. The van der Waals surface area contributed by atoms with Crippen LogP contribution in [0, 0.1) is 18.2 Å². The number of halogens is 1. The van der Waals surface area contributed by atoms with Crippen LogP contribution < -0.4 is 9.64 Å². The van der Waals surface area contributed by atoms with Gasteiger partial charge in [0.05, 0.1) is 20.3 Å². The Morgan fingerprint density at radius 2 is 1.80 bits per heavy atom. The van der Waals surface area contributed by atoms with Gasteiger partial charge in [0.25, 0.3) is 0 Å². The van der Waals surface area contributed by atoms with E-state index in [1.807, 2.05) is 12.1 Å². The van der Waals surface area contributed by atoms with Crippen LogP contribution in [-0.4, -0.2) is 38.5 Å². The van der Waals surface area contributed by atoms with E-state index in [1.165, 1.54) is 19.2 Å². The average Bonchev–Trinajstić information content (AvgIpc) is 2.68. The first-order valence-electron chi connectivity index (χ1n) is 8.06. The molecule has 25 heavy (non-hydrogen) atoms. The Bertz CT molecular complexity index is 779. The predicted molar refractivity (Wildman–Crippen MR) is 94.3 cm³/mol. The molecular weight excluding hydrogens is 321 g/mol. The molecule has 1 saturated heterocycles. The van der Waals surface area contributed by atoms with Crippen LogP contribution in [0.2, 0.25) is 0 Å². The molecule has 2 aromatic carbocycles. The highest BCUT2D eigenvalue weighted by atomic mass is 19.1. The molecule has 0 bridgehead atoms. The monoisotopic (exact) mass is 341 g/mol. The Labute approximate surface area is 146 Å². The number of nitrogens with zero attached hydrogens (tertiary/aromatic N) is 1. The summed E-state index contributed by atoms with van der Waals surface area (Å²) in [6, 6.07) is 11.6. The lowest BCUT2D eigenvalue weighted by Crippen LogP contribution is -2.36. The Hall–Kier alpha value is -2.55. The summed E-state index contributed by atoms with van der Waals surface area (Å²) >= 11 is 0. The second-order valence-electron chi connectivity index (χ2n) is 5.85. The lowest BCUT2D eigenvalue weighted by Gasteiger charge is -2.30. The summed E-state index contributed by atoms with van der Waals surface area (Å²) in [5, 5.41) is 11.0. The molecule has 0 amide bonds. The highest BCUT2D eigenvalue weighted by Gasteiger charge is 2.30. The molecule has 0 aliphatic carbocycles. The number of terminal acetylenes is 1. The molecule has 3 rings (SSSR count). The van der Waals surface area contributed by atoms with Crippen molar-refractivity contribution in [3.8, 4) is 18.1 Å². The van der Waals surface area contributed by atoms with E-state index in [4.69, 9.17) is 15.9 Å². The second-order valence-corrected chi connectivity index (χ2v) is 5.85. The lowest BCUT2D eigenvalue weighted by molar-refractivity contribution is 0.122. The number of rotatable bonds is 4. The molecule has 0 aromatic heterocycles. The maximum atomic E-state index is 14.0. The summed E-state index contributed by atoms with van der Waals surface area (Å²) in [6.07, 6.45) is 5.59. The quantitative estimate of drug-likeness (QED) is 0.868. The van der Waals surface area contributed by atoms with Crippen molar-refractivity contribution < 1.29 is 19.0 Å².